The molecule has 6 aliphatic rings. The van der Waals surface area contributed by atoms with E-state index in [2.05, 4.69) is 6.58 Å². The summed E-state index contributed by atoms with van der Waals surface area (Å²) in [5.74, 6) is -0.117. The van der Waals surface area contributed by atoms with Gasteiger partial charge in [0.1, 0.15) is 5.76 Å². The normalized spacial score (nSPS) is 31.3. The minimum Gasteiger partial charge on any atom is -0.497 e. The second kappa shape index (κ2) is 6.44. The number of fused-ring (bicyclic) bond motifs is 2. The molecule has 4 aliphatic heterocycles. The number of hydrogen-bond donors (Lipinski definition) is 0. The van der Waals surface area contributed by atoms with Crippen molar-refractivity contribution in [2.24, 2.45) is 17.8 Å². The van der Waals surface area contributed by atoms with Crippen LogP contribution in [-0.2, 0) is 23.9 Å². The number of carbonyl (C=O) groups excluding carboxylic acids is 3. The van der Waals surface area contributed by atoms with Gasteiger partial charge in [0.15, 0.2) is 5.78 Å². The van der Waals surface area contributed by atoms with E-state index in [1.807, 2.05) is 11.8 Å². The Morgan fingerprint density at radius 2 is 1.97 bits per heavy atom. The number of rotatable bonds is 1. The maximum absolute atomic E-state index is 13.8. The van der Waals surface area contributed by atoms with Crippen LogP contribution < -0.4 is 0 Å². The smallest absolute Gasteiger partial charge is 0.338 e. The first kappa shape index (κ1) is 18.4. The van der Waals surface area contributed by atoms with Gasteiger partial charge >= 0.3 is 5.97 Å². The Kier molecular flexibility index (Phi) is 4.09. The van der Waals surface area contributed by atoms with Crippen LogP contribution in [0.4, 0.5) is 0 Å². The van der Waals surface area contributed by atoms with Crippen LogP contribution in [0.2, 0.25) is 0 Å². The van der Waals surface area contributed by atoms with E-state index >= 15 is 0 Å². The fourth-order valence-corrected chi connectivity index (χ4v) is 5.63. The van der Waals surface area contributed by atoms with Crippen LogP contribution in [0.15, 0.2) is 45.8 Å². The number of esters is 1. The molecule has 6 nitrogen and oxygen atoms in total. The van der Waals surface area contributed by atoms with Crippen LogP contribution in [0.1, 0.15) is 32.6 Å². The van der Waals surface area contributed by atoms with E-state index in [1.165, 1.54) is 7.11 Å². The van der Waals surface area contributed by atoms with E-state index in [-0.39, 0.29) is 29.9 Å². The van der Waals surface area contributed by atoms with E-state index in [0.717, 1.165) is 34.5 Å². The van der Waals surface area contributed by atoms with Crippen LogP contribution in [0.5, 0.6) is 0 Å². The van der Waals surface area contributed by atoms with Crippen molar-refractivity contribution in [2.75, 3.05) is 26.8 Å². The lowest BCUT2D eigenvalue weighted by Crippen LogP contribution is -2.48. The van der Waals surface area contributed by atoms with Crippen molar-refractivity contribution in [3.05, 3.63) is 45.8 Å². The molecule has 152 valence electrons. The molecule has 4 bridgehead atoms. The number of Topliss-reactive ketones (excluding diaryl/α,β-unsaturated/α-hetero) is 1. The molecule has 0 aromatic heterocycles. The average molecular weight is 395 g/mol. The highest BCUT2D eigenvalue weighted by molar-refractivity contribution is 6.16. The van der Waals surface area contributed by atoms with Gasteiger partial charge < -0.3 is 14.4 Å². The number of nitrogens with zero attached hydrogens (tertiary/aromatic N) is 1. The third-order valence-electron chi connectivity index (χ3n) is 7.15. The monoisotopic (exact) mass is 395 g/mol. The van der Waals surface area contributed by atoms with Crippen LogP contribution >= 0.6 is 0 Å². The highest BCUT2D eigenvalue weighted by atomic mass is 16.5. The summed E-state index contributed by atoms with van der Waals surface area (Å²) in [4.78, 5) is 41.4. The molecule has 6 heteroatoms. The van der Waals surface area contributed by atoms with E-state index < -0.39 is 11.9 Å². The summed E-state index contributed by atoms with van der Waals surface area (Å²) < 4.78 is 11.1. The third kappa shape index (κ3) is 2.51. The highest BCUT2D eigenvalue weighted by Crippen LogP contribution is 2.52. The van der Waals surface area contributed by atoms with Crippen molar-refractivity contribution in [3.8, 4) is 0 Å². The summed E-state index contributed by atoms with van der Waals surface area (Å²) in [6.07, 6.45) is 2.28. The third-order valence-corrected chi connectivity index (χ3v) is 7.15. The van der Waals surface area contributed by atoms with Crippen LogP contribution in [0.25, 0.3) is 0 Å². The molecular formula is C23H25NO5. The second-order valence-electron chi connectivity index (χ2n) is 8.70. The predicted octanol–water partition coefficient (Wildman–Crippen LogP) is 2.47. The first-order valence-corrected chi connectivity index (χ1v) is 10.4. The van der Waals surface area contributed by atoms with Gasteiger partial charge in [0.2, 0.25) is 5.91 Å². The maximum atomic E-state index is 13.8. The van der Waals surface area contributed by atoms with Crippen molar-refractivity contribution in [1.82, 2.24) is 4.90 Å². The van der Waals surface area contributed by atoms with E-state index in [4.69, 9.17) is 9.47 Å². The number of ether oxygens (including phenoxy) is 2. The molecule has 0 N–H and O–H groups in total. The maximum Gasteiger partial charge on any atom is 0.338 e. The predicted molar refractivity (Wildman–Crippen MR) is 104 cm³/mol. The van der Waals surface area contributed by atoms with Crippen LogP contribution in [-0.4, -0.2) is 49.4 Å². The fourth-order valence-electron chi connectivity index (χ4n) is 5.63. The van der Waals surface area contributed by atoms with Crippen LogP contribution in [0, 0.1) is 17.8 Å². The number of methoxy groups -OCH3 is 1. The topological polar surface area (TPSA) is 72.9 Å². The molecule has 3 atom stereocenters. The minimum absolute atomic E-state index is 0.0149. The zero-order valence-corrected chi connectivity index (χ0v) is 16.9. The highest BCUT2D eigenvalue weighted by Gasteiger charge is 2.48. The lowest BCUT2D eigenvalue weighted by atomic mass is 9.76. The molecule has 1 saturated heterocycles. The number of carbonyl (C=O) groups is 3. The van der Waals surface area contributed by atoms with Gasteiger partial charge in [0.25, 0.3) is 0 Å². The zero-order valence-electron chi connectivity index (χ0n) is 16.9. The van der Waals surface area contributed by atoms with Gasteiger partial charge in [-0.2, -0.15) is 0 Å². The minimum atomic E-state index is -0.490. The number of hydrogen-bond acceptors (Lipinski definition) is 5. The molecule has 2 aliphatic carbocycles. The molecular weight excluding hydrogens is 370 g/mol. The number of piperidine rings is 1. The Morgan fingerprint density at radius 1 is 1.17 bits per heavy atom. The van der Waals surface area contributed by atoms with Crippen LogP contribution in [0.3, 0.4) is 0 Å². The average Bonchev–Trinajstić information content (AvgIpc) is 3.00. The summed E-state index contributed by atoms with van der Waals surface area (Å²) in [7, 11) is 1.34. The quantitative estimate of drug-likeness (QED) is 0.638. The van der Waals surface area contributed by atoms with Crippen molar-refractivity contribution in [2.45, 2.75) is 32.6 Å². The van der Waals surface area contributed by atoms with Gasteiger partial charge in [-0.25, -0.2) is 4.79 Å². The summed E-state index contributed by atoms with van der Waals surface area (Å²) in [5, 5.41) is 0. The number of allylic oxidation sites excluding steroid dienone is 3. The van der Waals surface area contributed by atoms with E-state index in [1.54, 1.807) is 0 Å². The molecule has 0 aromatic carbocycles. The van der Waals surface area contributed by atoms with Crippen molar-refractivity contribution >= 4 is 17.7 Å². The lowest BCUT2D eigenvalue weighted by Gasteiger charge is -2.39. The van der Waals surface area contributed by atoms with E-state index in [9.17, 15) is 14.4 Å². The Morgan fingerprint density at radius 3 is 2.72 bits per heavy atom. The van der Waals surface area contributed by atoms with Gasteiger partial charge in [-0.05, 0) is 29.1 Å². The molecule has 4 heterocycles. The van der Waals surface area contributed by atoms with Crippen molar-refractivity contribution in [3.63, 3.8) is 0 Å². The molecule has 6 rings (SSSR count). The fraction of sp³-hybridized carbons (Fsp3) is 0.522. The molecule has 1 amide bonds. The Balaban J connectivity index is 1.81. The number of amides is 1. The summed E-state index contributed by atoms with van der Waals surface area (Å²) >= 11 is 0. The SMILES string of the molecule is C=C1C2=C3C(=O)[C@@H]4CC(=O)N(C[C@H]1CCC1=C2C(=C3C(=O)OC)CCO1)C[C@@H]4C. The molecule has 0 aromatic rings. The summed E-state index contributed by atoms with van der Waals surface area (Å²) in [6, 6.07) is 0. The molecule has 0 radical (unpaired) electrons. The van der Waals surface area contributed by atoms with Crippen molar-refractivity contribution < 1.29 is 23.9 Å². The van der Waals surface area contributed by atoms with Gasteiger partial charge in [0.05, 0.1) is 19.3 Å². The molecule has 0 spiro atoms. The second-order valence-corrected chi connectivity index (χ2v) is 8.70. The summed E-state index contributed by atoms with van der Waals surface area (Å²) in [5.41, 5.74) is 4.14. The molecule has 0 saturated carbocycles. The first-order valence-electron chi connectivity index (χ1n) is 10.4. The lowest BCUT2D eigenvalue weighted by molar-refractivity contribution is -0.141. The Labute approximate surface area is 169 Å². The van der Waals surface area contributed by atoms with Gasteiger partial charge in [0, 0.05) is 55.3 Å². The Bertz CT molecular complexity index is 966. The standard InChI is InChI=1S/C23H25NO5/c1-11-9-24-10-13-4-5-16-19-14(6-7-29-16)20(23(27)28-3)21(18(19)12(13)2)22(26)15(11)8-17(24)25/h11,13,15H,2,4-10H2,1,3H3/t11-,13+,15+/m0/s1. The molecule has 0 unspecified atom stereocenters. The molecule has 29 heavy (non-hydrogen) atoms. The Hall–Kier alpha value is -2.63. The first-order chi connectivity index (χ1) is 13.9. The van der Waals surface area contributed by atoms with Gasteiger partial charge in [-0.3, -0.25) is 9.59 Å². The van der Waals surface area contributed by atoms with Gasteiger partial charge in [-0.15, -0.1) is 0 Å². The van der Waals surface area contributed by atoms with E-state index in [0.29, 0.717) is 43.7 Å². The molecule has 1 fully saturated rings. The van der Waals surface area contributed by atoms with Crippen molar-refractivity contribution in [1.29, 1.82) is 0 Å². The van der Waals surface area contributed by atoms with Gasteiger partial charge in [-0.1, -0.05) is 13.5 Å². The largest absolute Gasteiger partial charge is 0.497 e. The number of ketones is 1. The summed E-state index contributed by atoms with van der Waals surface area (Å²) in [6.45, 7) is 8.04. The zero-order chi connectivity index (χ0) is 20.4.